The lowest BCUT2D eigenvalue weighted by Crippen LogP contribution is -2.31. The van der Waals surface area contributed by atoms with Gasteiger partial charge in [0.15, 0.2) is 0 Å². The van der Waals surface area contributed by atoms with Gasteiger partial charge in [-0.25, -0.2) is 8.42 Å². The third kappa shape index (κ3) is 4.77. The van der Waals surface area contributed by atoms with Gasteiger partial charge < -0.3 is 4.42 Å². The van der Waals surface area contributed by atoms with Gasteiger partial charge in [0.25, 0.3) is 5.91 Å². The molecule has 0 bridgehead atoms. The zero-order valence-corrected chi connectivity index (χ0v) is 17.9. The molecule has 30 heavy (non-hydrogen) atoms. The Kier molecular flexibility index (Phi) is 6.26. The predicted molar refractivity (Wildman–Crippen MR) is 113 cm³/mol. The van der Waals surface area contributed by atoms with Gasteiger partial charge in [0.2, 0.25) is 15.9 Å². The van der Waals surface area contributed by atoms with E-state index in [4.69, 9.17) is 4.42 Å². The van der Waals surface area contributed by atoms with Gasteiger partial charge in [-0.1, -0.05) is 24.0 Å². The van der Waals surface area contributed by atoms with Gasteiger partial charge in [0.1, 0.15) is 0 Å². The van der Waals surface area contributed by atoms with E-state index in [1.165, 1.54) is 28.6 Å². The minimum absolute atomic E-state index is 0.00724. The molecule has 1 aliphatic heterocycles. The summed E-state index contributed by atoms with van der Waals surface area (Å²) in [5.74, 6) is -0.0355. The van der Waals surface area contributed by atoms with Crippen molar-refractivity contribution in [2.75, 3.05) is 18.4 Å². The molecule has 10 heteroatoms. The first kappa shape index (κ1) is 20.7. The Balaban J connectivity index is 1.41. The van der Waals surface area contributed by atoms with Crippen molar-refractivity contribution in [2.45, 2.75) is 37.0 Å². The highest BCUT2D eigenvalue weighted by Gasteiger charge is 2.25. The van der Waals surface area contributed by atoms with Crippen LogP contribution in [-0.2, 0) is 16.4 Å². The largest absolute Gasteiger partial charge is 0.407 e. The second-order valence-corrected chi connectivity index (χ2v) is 10.0. The van der Waals surface area contributed by atoms with Crippen LogP contribution in [0.4, 0.5) is 6.01 Å². The van der Waals surface area contributed by atoms with E-state index in [0.29, 0.717) is 31.0 Å². The highest BCUT2D eigenvalue weighted by Crippen LogP contribution is 2.21. The fourth-order valence-corrected chi connectivity index (χ4v) is 5.53. The molecule has 0 spiro atoms. The van der Waals surface area contributed by atoms with Crippen LogP contribution in [0.1, 0.15) is 46.8 Å². The minimum atomic E-state index is -3.55. The summed E-state index contributed by atoms with van der Waals surface area (Å²) in [4.78, 5) is 13.7. The molecule has 4 rings (SSSR count). The molecule has 1 N–H and O–H groups in total. The van der Waals surface area contributed by atoms with Crippen molar-refractivity contribution in [3.05, 3.63) is 58.1 Å². The SMILES string of the molecule is O=C(Nc1nnc(Cc2cccs2)o1)c1ccc(S(=O)(=O)N2CCCCCC2)cc1. The highest BCUT2D eigenvalue weighted by molar-refractivity contribution is 7.89. The summed E-state index contributed by atoms with van der Waals surface area (Å²) in [5.41, 5.74) is 0.308. The summed E-state index contributed by atoms with van der Waals surface area (Å²) >= 11 is 1.58. The summed E-state index contributed by atoms with van der Waals surface area (Å²) in [5, 5.41) is 12.3. The van der Waals surface area contributed by atoms with Gasteiger partial charge in [-0.3, -0.25) is 10.1 Å². The van der Waals surface area contributed by atoms with Crippen molar-refractivity contribution in [2.24, 2.45) is 0 Å². The van der Waals surface area contributed by atoms with Crippen LogP contribution in [0, 0.1) is 0 Å². The zero-order valence-electron chi connectivity index (χ0n) is 16.3. The maximum Gasteiger partial charge on any atom is 0.322 e. The molecule has 1 saturated heterocycles. The second kappa shape index (κ2) is 9.07. The Morgan fingerprint density at radius 3 is 2.47 bits per heavy atom. The van der Waals surface area contributed by atoms with Gasteiger partial charge in [0.05, 0.1) is 11.3 Å². The number of rotatable bonds is 6. The molecule has 0 atom stereocenters. The predicted octanol–water partition coefficient (Wildman–Crippen LogP) is 3.54. The van der Waals surface area contributed by atoms with Crippen LogP contribution in [0.15, 0.2) is 51.1 Å². The number of sulfonamides is 1. The monoisotopic (exact) mass is 446 g/mol. The van der Waals surface area contributed by atoms with E-state index >= 15 is 0 Å². The number of hydrogen-bond donors (Lipinski definition) is 1. The van der Waals surface area contributed by atoms with Gasteiger partial charge in [-0.2, -0.15) is 4.31 Å². The molecule has 0 radical (unpaired) electrons. The van der Waals surface area contributed by atoms with Crippen LogP contribution in [0.2, 0.25) is 0 Å². The number of carbonyl (C=O) groups is 1. The van der Waals surface area contributed by atoms with Crippen molar-refractivity contribution in [1.29, 1.82) is 0 Å². The zero-order chi connectivity index (χ0) is 21.0. The number of carbonyl (C=O) groups excluding carboxylic acids is 1. The van der Waals surface area contributed by atoms with Crippen molar-refractivity contribution in [3.63, 3.8) is 0 Å². The smallest absolute Gasteiger partial charge is 0.322 e. The molecule has 1 fully saturated rings. The van der Waals surface area contributed by atoms with E-state index in [9.17, 15) is 13.2 Å². The normalized spacial score (nSPS) is 15.6. The first-order valence-electron chi connectivity index (χ1n) is 9.79. The molecular weight excluding hydrogens is 424 g/mol. The topological polar surface area (TPSA) is 105 Å². The number of amides is 1. The summed E-state index contributed by atoms with van der Waals surface area (Å²) in [6.07, 6.45) is 4.35. The Morgan fingerprint density at radius 1 is 1.07 bits per heavy atom. The van der Waals surface area contributed by atoms with E-state index in [1.807, 2.05) is 17.5 Å². The quantitative estimate of drug-likeness (QED) is 0.621. The Morgan fingerprint density at radius 2 is 1.80 bits per heavy atom. The average molecular weight is 447 g/mol. The summed E-state index contributed by atoms with van der Waals surface area (Å²) in [6, 6.07) is 9.82. The summed E-state index contributed by atoms with van der Waals surface area (Å²) < 4.78 is 32.7. The molecule has 0 unspecified atom stereocenters. The maximum absolute atomic E-state index is 12.8. The summed E-state index contributed by atoms with van der Waals surface area (Å²) in [6.45, 7) is 1.07. The lowest BCUT2D eigenvalue weighted by Gasteiger charge is -2.19. The van der Waals surface area contributed by atoms with Crippen LogP contribution >= 0.6 is 11.3 Å². The molecule has 3 aromatic rings. The Hall–Kier alpha value is -2.56. The van der Waals surface area contributed by atoms with Crippen LogP contribution in [0.5, 0.6) is 0 Å². The Bertz CT molecular complexity index is 1080. The molecule has 0 saturated carbocycles. The number of aromatic nitrogens is 2. The molecule has 1 aliphatic rings. The number of nitrogens with one attached hydrogen (secondary N) is 1. The van der Waals surface area contributed by atoms with Gasteiger partial charge in [-0.15, -0.1) is 16.4 Å². The van der Waals surface area contributed by atoms with Crippen molar-refractivity contribution in [1.82, 2.24) is 14.5 Å². The molecular formula is C20H22N4O4S2. The first-order chi connectivity index (χ1) is 14.5. The lowest BCUT2D eigenvalue weighted by molar-refractivity contribution is 0.102. The molecule has 158 valence electrons. The van der Waals surface area contributed by atoms with Gasteiger partial charge in [0, 0.05) is 23.5 Å². The van der Waals surface area contributed by atoms with Crippen molar-refractivity contribution in [3.8, 4) is 0 Å². The number of hydrogen-bond acceptors (Lipinski definition) is 7. The van der Waals surface area contributed by atoms with Crippen LogP contribution < -0.4 is 5.32 Å². The minimum Gasteiger partial charge on any atom is -0.407 e. The van der Waals surface area contributed by atoms with E-state index in [2.05, 4.69) is 15.5 Å². The van der Waals surface area contributed by atoms with E-state index in [0.717, 1.165) is 30.6 Å². The van der Waals surface area contributed by atoms with Crippen LogP contribution in [0.25, 0.3) is 0 Å². The van der Waals surface area contributed by atoms with E-state index in [-0.39, 0.29) is 10.9 Å². The lowest BCUT2D eigenvalue weighted by atomic mass is 10.2. The number of thiophene rings is 1. The van der Waals surface area contributed by atoms with E-state index in [1.54, 1.807) is 11.3 Å². The third-order valence-corrected chi connectivity index (χ3v) is 7.70. The Labute approximate surface area is 179 Å². The fourth-order valence-electron chi connectivity index (χ4n) is 3.32. The number of anilines is 1. The fraction of sp³-hybridized carbons (Fsp3) is 0.350. The first-order valence-corrected chi connectivity index (χ1v) is 12.1. The molecule has 3 heterocycles. The van der Waals surface area contributed by atoms with Gasteiger partial charge >= 0.3 is 6.01 Å². The molecule has 2 aromatic heterocycles. The van der Waals surface area contributed by atoms with Gasteiger partial charge in [-0.05, 0) is 48.6 Å². The van der Waals surface area contributed by atoms with Crippen LogP contribution in [-0.4, -0.2) is 41.9 Å². The highest BCUT2D eigenvalue weighted by atomic mass is 32.2. The van der Waals surface area contributed by atoms with Crippen molar-refractivity contribution < 1.29 is 17.6 Å². The average Bonchev–Trinajstić information content (AvgIpc) is 3.33. The number of benzene rings is 1. The molecule has 1 amide bonds. The van der Waals surface area contributed by atoms with Crippen LogP contribution in [0.3, 0.4) is 0 Å². The van der Waals surface area contributed by atoms with E-state index < -0.39 is 15.9 Å². The number of nitrogens with zero attached hydrogens (tertiary/aromatic N) is 3. The molecule has 1 aromatic carbocycles. The van der Waals surface area contributed by atoms with Crippen molar-refractivity contribution >= 4 is 33.3 Å². The maximum atomic E-state index is 12.8. The second-order valence-electron chi connectivity index (χ2n) is 7.05. The standard InChI is InChI=1S/C20H22N4O4S2/c25-19(21-20-23-22-18(28-20)14-16-6-5-13-29-16)15-7-9-17(10-8-15)30(26,27)24-11-3-1-2-4-12-24/h5-10,13H,1-4,11-12,14H2,(H,21,23,25). The molecule has 0 aliphatic carbocycles. The summed E-state index contributed by atoms with van der Waals surface area (Å²) in [7, 11) is -3.55. The molecule has 8 nitrogen and oxygen atoms in total. The third-order valence-electron chi connectivity index (χ3n) is 4.91.